The molecule has 11 heteroatoms. The van der Waals surface area contributed by atoms with E-state index in [1.54, 1.807) is 43.4 Å². The molecule has 3 aliphatic rings. The van der Waals surface area contributed by atoms with Gasteiger partial charge >= 0.3 is 5.97 Å². The molecule has 40 heavy (non-hydrogen) atoms. The number of carbonyl (C=O) groups is 1. The van der Waals surface area contributed by atoms with Crippen LogP contribution in [0.15, 0.2) is 47.1 Å². The second kappa shape index (κ2) is 10.8. The van der Waals surface area contributed by atoms with Crippen LogP contribution in [0.2, 0.25) is 0 Å². The maximum Gasteiger partial charge on any atom is 0.306 e. The van der Waals surface area contributed by atoms with Crippen molar-refractivity contribution in [2.24, 2.45) is 11.3 Å². The number of ether oxygens (including phenoxy) is 4. The molecule has 1 aromatic heterocycles. The van der Waals surface area contributed by atoms with E-state index in [9.17, 15) is 30.3 Å². The van der Waals surface area contributed by atoms with Gasteiger partial charge in [-0.1, -0.05) is 24.3 Å². The lowest BCUT2D eigenvalue weighted by molar-refractivity contribution is -0.398. The number of esters is 1. The Kier molecular flexibility index (Phi) is 7.73. The van der Waals surface area contributed by atoms with Crippen LogP contribution in [0.3, 0.4) is 0 Å². The molecule has 7 unspecified atom stereocenters. The SMILES string of the molecule is CCOC(=O)CCc1cc2ccoc2c(OC)c1OC1OC(CO)C2(O)CC3C=CC=CC3(CCO)C1(O)C2O. The standard InChI is InChI=1S/C29H36O11/c1-3-37-21(32)8-7-17-14-18-9-13-38-22(18)24(36-2)23(17)40-26-29(35)25(33)28(34,20(16-31)39-26)15-19-6-4-5-10-27(19,29)11-12-30/h4-6,9-10,13-14,19-20,25-26,30-31,33-35H,3,7-8,11-12,15-16H2,1-2H3. The lowest BCUT2D eigenvalue weighted by atomic mass is 9.48. The topological polar surface area (TPSA) is 168 Å². The number of aryl methyl sites for hydroxylation is 1. The molecule has 218 valence electrons. The van der Waals surface area contributed by atoms with Crippen molar-refractivity contribution in [1.82, 2.24) is 0 Å². The van der Waals surface area contributed by atoms with Crippen molar-refractivity contribution in [3.8, 4) is 11.5 Å². The van der Waals surface area contributed by atoms with Crippen LogP contribution in [0.1, 0.15) is 31.7 Å². The first-order chi connectivity index (χ1) is 19.2. The number of furan rings is 1. The molecule has 1 aromatic carbocycles. The van der Waals surface area contributed by atoms with Gasteiger partial charge in [-0.3, -0.25) is 4.79 Å². The molecule has 5 N–H and O–H groups in total. The Morgan fingerprint density at radius 3 is 2.70 bits per heavy atom. The summed E-state index contributed by atoms with van der Waals surface area (Å²) in [4.78, 5) is 12.2. The number of hydrogen-bond acceptors (Lipinski definition) is 11. The zero-order chi connectivity index (χ0) is 28.7. The van der Waals surface area contributed by atoms with Gasteiger partial charge in [0.15, 0.2) is 16.9 Å². The monoisotopic (exact) mass is 560 g/mol. The number of hydrogen-bond donors (Lipinski definition) is 5. The van der Waals surface area contributed by atoms with Gasteiger partial charge in [0, 0.05) is 23.8 Å². The van der Waals surface area contributed by atoms with E-state index in [0.29, 0.717) is 16.5 Å². The van der Waals surface area contributed by atoms with E-state index >= 15 is 0 Å². The highest BCUT2D eigenvalue weighted by molar-refractivity contribution is 5.87. The van der Waals surface area contributed by atoms with Gasteiger partial charge in [0.25, 0.3) is 0 Å². The molecule has 7 atom stereocenters. The Hall–Kier alpha value is -2.93. The number of benzene rings is 1. The number of carbonyl (C=O) groups excluding carboxylic acids is 1. The van der Waals surface area contributed by atoms with Crippen LogP contribution in [-0.4, -0.2) is 88.1 Å². The van der Waals surface area contributed by atoms with Crippen molar-refractivity contribution in [1.29, 1.82) is 0 Å². The predicted molar refractivity (Wildman–Crippen MR) is 141 cm³/mol. The van der Waals surface area contributed by atoms with Crippen LogP contribution in [-0.2, 0) is 20.7 Å². The number of fused-ring (bicyclic) bond motifs is 5. The maximum absolute atomic E-state index is 12.5. The molecule has 0 radical (unpaired) electrons. The summed E-state index contributed by atoms with van der Waals surface area (Å²) in [6.07, 6.45) is 3.88. The van der Waals surface area contributed by atoms with Crippen LogP contribution in [0, 0.1) is 11.3 Å². The van der Waals surface area contributed by atoms with Crippen molar-refractivity contribution in [2.45, 2.75) is 62.3 Å². The normalized spacial score (nSPS) is 34.5. The summed E-state index contributed by atoms with van der Waals surface area (Å²) in [5.41, 5.74) is -4.72. The molecule has 1 aliphatic heterocycles. The molecular weight excluding hydrogens is 524 g/mol. The highest BCUT2D eigenvalue weighted by atomic mass is 16.7. The first kappa shape index (κ1) is 28.6. The van der Waals surface area contributed by atoms with Crippen molar-refractivity contribution in [3.63, 3.8) is 0 Å². The Bertz CT molecular complexity index is 1300. The van der Waals surface area contributed by atoms with E-state index in [-0.39, 0.29) is 50.4 Å². The minimum absolute atomic E-state index is 0.0260. The van der Waals surface area contributed by atoms with Crippen molar-refractivity contribution in [2.75, 3.05) is 26.9 Å². The molecule has 1 saturated carbocycles. The molecule has 2 aromatic rings. The molecule has 5 rings (SSSR count). The van der Waals surface area contributed by atoms with E-state index in [2.05, 4.69) is 0 Å². The molecule has 2 heterocycles. The molecule has 2 fully saturated rings. The first-order valence-electron chi connectivity index (χ1n) is 13.5. The third-order valence-electron chi connectivity index (χ3n) is 8.65. The van der Waals surface area contributed by atoms with E-state index in [1.807, 2.05) is 0 Å². The van der Waals surface area contributed by atoms with Gasteiger partial charge in [-0.15, -0.1) is 0 Å². The minimum atomic E-state index is -2.29. The number of methoxy groups -OCH3 is 1. The fourth-order valence-electron chi connectivity index (χ4n) is 6.70. The average Bonchev–Trinajstić information content (AvgIpc) is 3.41. The summed E-state index contributed by atoms with van der Waals surface area (Å²) < 4.78 is 28.9. The second-order valence-electron chi connectivity index (χ2n) is 10.6. The number of allylic oxidation sites excluding steroid dienone is 3. The smallest absolute Gasteiger partial charge is 0.306 e. The lowest BCUT2D eigenvalue weighted by Crippen LogP contribution is -2.82. The Balaban J connectivity index is 1.65. The highest BCUT2D eigenvalue weighted by Crippen LogP contribution is 2.61. The Labute approximate surface area is 231 Å². The van der Waals surface area contributed by atoms with Gasteiger partial charge in [-0.25, -0.2) is 0 Å². The zero-order valence-corrected chi connectivity index (χ0v) is 22.5. The van der Waals surface area contributed by atoms with Crippen LogP contribution in [0.5, 0.6) is 11.5 Å². The van der Waals surface area contributed by atoms with Crippen LogP contribution in [0.4, 0.5) is 0 Å². The molecule has 2 aliphatic carbocycles. The number of aliphatic hydroxyl groups is 5. The summed E-state index contributed by atoms with van der Waals surface area (Å²) in [6.45, 7) is 0.957. The third kappa shape index (κ3) is 4.15. The first-order valence-corrected chi connectivity index (χ1v) is 13.5. The van der Waals surface area contributed by atoms with Crippen LogP contribution < -0.4 is 9.47 Å². The lowest BCUT2D eigenvalue weighted by Gasteiger charge is -2.66. The predicted octanol–water partition coefficient (Wildman–Crippen LogP) is 1.37. The largest absolute Gasteiger partial charge is 0.490 e. The van der Waals surface area contributed by atoms with Gasteiger partial charge < -0.3 is 48.9 Å². The van der Waals surface area contributed by atoms with Gasteiger partial charge in [-0.2, -0.15) is 0 Å². The molecule has 0 amide bonds. The second-order valence-corrected chi connectivity index (χ2v) is 10.6. The third-order valence-corrected chi connectivity index (χ3v) is 8.65. The van der Waals surface area contributed by atoms with E-state index in [4.69, 9.17) is 23.4 Å². The highest BCUT2D eigenvalue weighted by Gasteiger charge is 2.75. The van der Waals surface area contributed by atoms with E-state index in [0.717, 1.165) is 0 Å². The summed E-state index contributed by atoms with van der Waals surface area (Å²) in [5.74, 6) is -0.667. The molecule has 2 bridgehead atoms. The summed E-state index contributed by atoms with van der Waals surface area (Å²) in [7, 11) is 1.42. The molecular formula is C29H36O11. The molecule has 11 nitrogen and oxygen atoms in total. The zero-order valence-electron chi connectivity index (χ0n) is 22.5. The quantitative estimate of drug-likeness (QED) is 0.266. The minimum Gasteiger partial charge on any atom is -0.490 e. The van der Waals surface area contributed by atoms with Crippen molar-refractivity contribution in [3.05, 3.63) is 48.3 Å². The van der Waals surface area contributed by atoms with E-state index in [1.165, 1.54) is 13.4 Å². The van der Waals surface area contributed by atoms with Crippen LogP contribution >= 0.6 is 0 Å². The maximum atomic E-state index is 12.5. The fraction of sp³-hybridized carbons (Fsp3) is 0.552. The Morgan fingerprint density at radius 1 is 1.20 bits per heavy atom. The van der Waals surface area contributed by atoms with Gasteiger partial charge in [0.1, 0.15) is 17.8 Å². The van der Waals surface area contributed by atoms with Gasteiger partial charge in [-0.05, 0) is 49.8 Å². The number of aliphatic hydroxyl groups excluding tert-OH is 3. The van der Waals surface area contributed by atoms with Crippen LogP contribution in [0.25, 0.3) is 11.0 Å². The average molecular weight is 561 g/mol. The summed E-state index contributed by atoms with van der Waals surface area (Å²) in [6, 6.07) is 3.49. The van der Waals surface area contributed by atoms with Gasteiger partial charge in [0.05, 0.1) is 26.6 Å². The van der Waals surface area contributed by atoms with Crippen molar-refractivity contribution >= 4 is 16.9 Å². The number of rotatable bonds is 10. The van der Waals surface area contributed by atoms with E-state index < -0.39 is 53.6 Å². The molecule has 0 spiro atoms. The van der Waals surface area contributed by atoms with Gasteiger partial charge in [0.2, 0.25) is 12.0 Å². The molecule has 1 saturated heterocycles. The van der Waals surface area contributed by atoms with Crippen molar-refractivity contribution < 1.29 is 53.7 Å². The fourth-order valence-corrected chi connectivity index (χ4v) is 6.70. The summed E-state index contributed by atoms with van der Waals surface area (Å²) >= 11 is 0. The Morgan fingerprint density at radius 2 is 2.00 bits per heavy atom. The summed E-state index contributed by atoms with van der Waals surface area (Å²) in [5, 5.41) is 56.7.